The van der Waals surface area contributed by atoms with Crippen molar-refractivity contribution in [3.8, 4) is 0 Å². The zero-order valence-corrected chi connectivity index (χ0v) is 11.3. The summed E-state index contributed by atoms with van der Waals surface area (Å²) in [4.78, 5) is 23.4. The SMILES string of the molecule is CCC(C)N(CC)c1ccc(C(=O)O)cc1[N+](=O)[O-]. The van der Waals surface area contributed by atoms with Crippen LogP contribution in [0.2, 0.25) is 0 Å². The molecule has 0 aliphatic carbocycles. The molecule has 1 atom stereocenters. The molecular formula is C13H18N2O4. The van der Waals surface area contributed by atoms with Crippen molar-refractivity contribution in [1.29, 1.82) is 0 Å². The van der Waals surface area contributed by atoms with E-state index in [1.807, 2.05) is 25.7 Å². The number of aromatic carboxylic acids is 1. The van der Waals surface area contributed by atoms with E-state index < -0.39 is 10.9 Å². The third-order valence-electron chi connectivity index (χ3n) is 3.19. The van der Waals surface area contributed by atoms with Gasteiger partial charge in [0, 0.05) is 18.7 Å². The number of hydrogen-bond donors (Lipinski definition) is 1. The van der Waals surface area contributed by atoms with E-state index in [4.69, 9.17) is 5.11 Å². The third kappa shape index (κ3) is 3.21. The largest absolute Gasteiger partial charge is 0.478 e. The van der Waals surface area contributed by atoms with Crippen LogP contribution in [0.3, 0.4) is 0 Å². The van der Waals surface area contributed by atoms with Crippen molar-refractivity contribution in [2.24, 2.45) is 0 Å². The minimum Gasteiger partial charge on any atom is -0.478 e. The molecule has 0 aromatic heterocycles. The maximum absolute atomic E-state index is 11.1. The predicted octanol–water partition coefficient (Wildman–Crippen LogP) is 2.92. The molecule has 0 heterocycles. The Morgan fingerprint density at radius 3 is 2.53 bits per heavy atom. The number of carboxylic acids is 1. The van der Waals surface area contributed by atoms with Gasteiger partial charge in [0.15, 0.2) is 0 Å². The highest BCUT2D eigenvalue weighted by atomic mass is 16.6. The summed E-state index contributed by atoms with van der Waals surface area (Å²) < 4.78 is 0. The van der Waals surface area contributed by atoms with E-state index >= 15 is 0 Å². The average molecular weight is 266 g/mol. The Morgan fingerprint density at radius 2 is 2.11 bits per heavy atom. The zero-order chi connectivity index (χ0) is 14.6. The lowest BCUT2D eigenvalue weighted by atomic mass is 10.1. The number of nitro benzene ring substituents is 1. The Balaban J connectivity index is 3.33. The van der Waals surface area contributed by atoms with Crippen molar-refractivity contribution in [1.82, 2.24) is 0 Å². The second-order valence-corrected chi connectivity index (χ2v) is 4.31. The van der Waals surface area contributed by atoms with Crippen LogP contribution in [0.25, 0.3) is 0 Å². The van der Waals surface area contributed by atoms with Gasteiger partial charge >= 0.3 is 5.97 Å². The first-order chi connectivity index (χ1) is 8.92. The summed E-state index contributed by atoms with van der Waals surface area (Å²) in [7, 11) is 0. The van der Waals surface area contributed by atoms with Crippen molar-refractivity contribution in [2.45, 2.75) is 33.2 Å². The molecule has 104 valence electrons. The summed E-state index contributed by atoms with van der Waals surface area (Å²) >= 11 is 0. The van der Waals surface area contributed by atoms with Crippen LogP contribution >= 0.6 is 0 Å². The van der Waals surface area contributed by atoms with E-state index in [2.05, 4.69) is 0 Å². The molecule has 0 saturated carbocycles. The van der Waals surface area contributed by atoms with Gasteiger partial charge in [-0.2, -0.15) is 0 Å². The monoisotopic (exact) mass is 266 g/mol. The number of carboxylic acid groups (broad SMARTS) is 1. The lowest BCUT2D eigenvalue weighted by Gasteiger charge is -2.29. The summed E-state index contributed by atoms with van der Waals surface area (Å²) in [5.41, 5.74) is 0.226. The van der Waals surface area contributed by atoms with Crippen LogP contribution in [0.15, 0.2) is 18.2 Å². The quantitative estimate of drug-likeness (QED) is 0.632. The number of hydrogen-bond acceptors (Lipinski definition) is 4. The number of rotatable bonds is 6. The summed E-state index contributed by atoms with van der Waals surface area (Å²) in [6.45, 7) is 6.53. The predicted molar refractivity (Wildman–Crippen MR) is 72.8 cm³/mol. The molecule has 0 aliphatic rings. The Labute approximate surface area is 111 Å². The third-order valence-corrected chi connectivity index (χ3v) is 3.19. The number of benzene rings is 1. The first-order valence-corrected chi connectivity index (χ1v) is 6.20. The lowest BCUT2D eigenvalue weighted by molar-refractivity contribution is -0.384. The summed E-state index contributed by atoms with van der Waals surface area (Å²) in [5, 5.41) is 20.0. The van der Waals surface area contributed by atoms with Gasteiger partial charge in [0.05, 0.1) is 10.5 Å². The van der Waals surface area contributed by atoms with Crippen LogP contribution in [0.5, 0.6) is 0 Å². The summed E-state index contributed by atoms with van der Waals surface area (Å²) in [6, 6.07) is 4.18. The zero-order valence-electron chi connectivity index (χ0n) is 11.3. The molecular weight excluding hydrogens is 248 g/mol. The van der Waals surface area contributed by atoms with Crippen LogP contribution in [0, 0.1) is 10.1 Å². The Bertz CT molecular complexity index is 488. The van der Waals surface area contributed by atoms with Crippen LogP contribution in [0.4, 0.5) is 11.4 Å². The fourth-order valence-electron chi connectivity index (χ4n) is 1.99. The van der Waals surface area contributed by atoms with Crippen LogP contribution in [-0.2, 0) is 0 Å². The number of anilines is 1. The molecule has 0 saturated heterocycles. The molecule has 0 fully saturated rings. The normalized spacial score (nSPS) is 11.9. The van der Waals surface area contributed by atoms with Gasteiger partial charge in [-0.3, -0.25) is 10.1 Å². The second-order valence-electron chi connectivity index (χ2n) is 4.31. The van der Waals surface area contributed by atoms with Crippen LogP contribution in [-0.4, -0.2) is 28.6 Å². The minimum absolute atomic E-state index is 0.0735. The maximum atomic E-state index is 11.1. The van der Waals surface area contributed by atoms with Crippen molar-refractivity contribution < 1.29 is 14.8 Å². The molecule has 1 rings (SSSR count). The van der Waals surface area contributed by atoms with Gasteiger partial charge < -0.3 is 10.0 Å². The molecule has 0 bridgehead atoms. The van der Waals surface area contributed by atoms with Crippen molar-refractivity contribution in [3.63, 3.8) is 0 Å². The lowest BCUT2D eigenvalue weighted by Crippen LogP contribution is -2.32. The van der Waals surface area contributed by atoms with Crippen molar-refractivity contribution in [2.75, 3.05) is 11.4 Å². The molecule has 0 spiro atoms. The van der Waals surface area contributed by atoms with E-state index in [0.29, 0.717) is 12.2 Å². The molecule has 6 nitrogen and oxygen atoms in total. The Hall–Kier alpha value is -2.11. The van der Waals surface area contributed by atoms with Crippen LogP contribution < -0.4 is 4.90 Å². The van der Waals surface area contributed by atoms with E-state index in [0.717, 1.165) is 12.5 Å². The topological polar surface area (TPSA) is 83.7 Å². The van der Waals surface area contributed by atoms with Crippen molar-refractivity contribution in [3.05, 3.63) is 33.9 Å². The molecule has 0 radical (unpaired) electrons. The van der Waals surface area contributed by atoms with Gasteiger partial charge in [0.25, 0.3) is 5.69 Å². The van der Waals surface area contributed by atoms with Gasteiger partial charge in [-0.25, -0.2) is 4.79 Å². The summed E-state index contributed by atoms with van der Waals surface area (Å²) in [6.07, 6.45) is 0.853. The fourth-order valence-corrected chi connectivity index (χ4v) is 1.99. The summed E-state index contributed by atoms with van der Waals surface area (Å²) in [5.74, 6) is -1.17. The van der Waals surface area contributed by atoms with E-state index in [-0.39, 0.29) is 17.3 Å². The molecule has 1 unspecified atom stereocenters. The van der Waals surface area contributed by atoms with E-state index in [1.54, 1.807) is 0 Å². The molecule has 6 heteroatoms. The Morgan fingerprint density at radius 1 is 1.47 bits per heavy atom. The van der Waals surface area contributed by atoms with Gasteiger partial charge in [0.1, 0.15) is 5.69 Å². The van der Waals surface area contributed by atoms with Gasteiger partial charge in [-0.05, 0) is 32.4 Å². The molecule has 19 heavy (non-hydrogen) atoms. The van der Waals surface area contributed by atoms with Gasteiger partial charge in [0.2, 0.25) is 0 Å². The highest BCUT2D eigenvalue weighted by molar-refractivity contribution is 5.89. The molecule has 1 N–H and O–H groups in total. The Kier molecular flexibility index (Phi) is 4.86. The molecule has 1 aromatic carbocycles. The molecule has 0 amide bonds. The number of nitro groups is 1. The first kappa shape index (κ1) is 14.9. The van der Waals surface area contributed by atoms with E-state index in [1.165, 1.54) is 12.1 Å². The van der Waals surface area contributed by atoms with Crippen LogP contribution in [0.1, 0.15) is 37.6 Å². The van der Waals surface area contributed by atoms with E-state index in [9.17, 15) is 14.9 Å². The maximum Gasteiger partial charge on any atom is 0.335 e. The van der Waals surface area contributed by atoms with Gasteiger partial charge in [-0.15, -0.1) is 0 Å². The standard InChI is InChI=1S/C13H18N2O4/c1-4-9(3)14(5-2)11-7-6-10(13(16)17)8-12(11)15(18)19/h6-9H,4-5H2,1-3H3,(H,16,17). The molecule has 1 aromatic rings. The number of nitrogens with zero attached hydrogens (tertiary/aromatic N) is 2. The highest BCUT2D eigenvalue weighted by Crippen LogP contribution is 2.31. The smallest absolute Gasteiger partial charge is 0.335 e. The average Bonchev–Trinajstić information content (AvgIpc) is 2.39. The minimum atomic E-state index is -1.17. The first-order valence-electron chi connectivity index (χ1n) is 6.20. The number of carbonyl (C=O) groups is 1. The van der Waals surface area contributed by atoms with Crippen molar-refractivity contribution >= 4 is 17.3 Å². The highest BCUT2D eigenvalue weighted by Gasteiger charge is 2.23. The fraction of sp³-hybridized carbons (Fsp3) is 0.462. The van der Waals surface area contributed by atoms with Gasteiger partial charge in [-0.1, -0.05) is 6.92 Å². The second kappa shape index (κ2) is 6.17. The molecule has 0 aliphatic heterocycles.